The number of nitrogens with zero attached hydrogens (tertiary/aromatic N) is 1. The SMILES string of the molecule is CN(C)S(=O)(=O)c1ccccc1CNC(=O)NCC1(c2ccccc2)CCCC1. The molecule has 7 heteroatoms. The van der Waals surface area contributed by atoms with Crippen LogP contribution in [0.25, 0.3) is 0 Å². The van der Waals surface area contributed by atoms with Crippen LogP contribution in [0.1, 0.15) is 36.8 Å². The zero-order chi connectivity index (χ0) is 20.9. The predicted octanol–water partition coefficient (Wildman–Crippen LogP) is 3.25. The van der Waals surface area contributed by atoms with Gasteiger partial charge in [0.1, 0.15) is 0 Å². The zero-order valence-corrected chi connectivity index (χ0v) is 17.8. The molecule has 1 aliphatic carbocycles. The van der Waals surface area contributed by atoms with Crippen molar-refractivity contribution in [2.75, 3.05) is 20.6 Å². The summed E-state index contributed by atoms with van der Waals surface area (Å²) in [5, 5.41) is 5.82. The van der Waals surface area contributed by atoms with Crippen molar-refractivity contribution in [3.8, 4) is 0 Å². The second-order valence-electron chi connectivity index (χ2n) is 7.78. The van der Waals surface area contributed by atoms with Crippen molar-refractivity contribution in [2.45, 2.75) is 42.5 Å². The summed E-state index contributed by atoms with van der Waals surface area (Å²) >= 11 is 0. The van der Waals surface area contributed by atoms with Gasteiger partial charge in [0.15, 0.2) is 0 Å². The van der Waals surface area contributed by atoms with E-state index in [0.717, 1.165) is 25.7 Å². The number of urea groups is 1. The quantitative estimate of drug-likeness (QED) is 0.729. The van der Waals surface area contributed by atoms with Gasteiger partial charge in [-0.15, -0.1) is 0 Å². The first-order valence-corrected chi connectivity index (χ1v) is 11.4. The highest BCUT2D eigenvalue weighted by Gasteiger charge is 2.35. The molecule has 2 N–H and O–H groups in total. The Hall–Kier alpha value is -2.38. The maximum atomic E-state index is 12.5. The molecule has 0 aliphatic heterocycles. The van der Waals surface area contributed by atoms with Crippen molar-refractivity contribution >= 4 is 16.1 Å². The van der Waals surface area contributed by atoms with Crippen molar-refractivity contribution in [1.82, 2.24) is 14.9 Å². The van der Waals surface area contributed by atoms with E-state index in [1.807, 2.05) is 18.2 Å². The summed E-state index contributed by atoms with van der Waals surface area (Å²) in [6.07, 6.45) is 4.43. The molecule has 2 amide bonds. The Balaban J connectivity index is 1.64. The van der Waals surface area contributed by atoms with Gasteiger partial charge in [-0.1, -0.05) is 61.4 Å². The molecule has 0 saturated heterocycles. The van der Waals surface area contributed by atoms with E-state index in [0.29, 0.717) is 12.1 Å². The first-order chi connectivity index (χ1) is 13.8. The lowest BCUT2D eigenvalue weighted by atomic mass is 9.79. The van der Waals surface area contributed by atoms with Gasteiger partial charge in [-0.3, -0.25) is 0 Å². The summed E-state index contributed by atoms with van der Waals surface area (Å²) in [5.41, 5.74) is 1.81. The van der Waals surface area contributed by atoms with Crippen LogP contribution in [-0.4, -0.2) is 39.4 Å². The van der Waals surface area contributed by atoms with Crippen LogP contribution in [0.15, 0.2) is 59.5 Å². The molecule has 0 bridgehead atoms. The van der Waals surface area contributed by atoms with E-state index >= 15 is 0 Å². The molecule has 0 spiro atoms. The highest BCUT2D eigenvalue weighted by Crippen LogP contribution is 2.40. The van der Waals surface area contributed by atoms with Crippen LogP contribution in [-0.2, 0) is 22.0 Å². The van der Waals surface area contributed by atoms with Crippen LogP contribution in [0, 0.1) is 0 Å². The fourth-order valence-electron chi connectivity index (χ4n) is 4.00. The van der Waals surface area contributed by atoms with Crippen LogP contribution < -0.4 is 10.6 Å². The molecule has 0 aromatic heterocycles. The highest BCUT2D eigenvalue weighted by atomic mass is 32.2. The molecule has 156 valence electrons. The molecule has 2 aromatic carbocycles. The Morgan fingerprint density at radius 3 is 2.24 bits per heavy atom. The van der Waals surface area contributed by atoms with Crippen LogP contribution in [0.4, 0.5) is 4.79 Å². The number of carbonyl (C=O) groups excluding carboxylic acids is 1. The normalized spacial score (nSPS) is 16.0. The van der Waals surface area contributed by atoms with Gasteiger partial charge in [-0.2, -0.15) is 0 Å². The number of hydrogen-bond acceptors (Lipinski definition) is 3. The van der Waals surface area contributed by atoms with Gasteiger partial charge in [-0.25, -0.2) is 17.5 Å². The van der Waals surface area contributed by atoms with E-state index in [9.17, 15) is 13.2 Å². The molecule has 1 fully saturated rings. The molecule has 0 radical (unpaired) electrons. The summed E-state index contributed by atoms with van der Waals surface area (Å²) in [6.45, 7) is 0.716. The van der Waals surface area contributed by atoms with Crippen molar-refractivity contribution in [3.05, 3.63) is 65.7 Å². The molecule has 6 nitrogen and oxygen atoms in total. The van der Waals surface area contributed by atoms with Crippen molar-refractivity contribution < 1.29 is 13.2 Å². The molecule has 2 aromatic rings. The minimum Gasteiger partial charge on any atom is -0.337 e. The van der Waals surface area contributed by atoms with Gasteiger partial charge in [-0.05, 0) is 30.0 Å². The Kier molecular flexibility index (Phi) is 6.59. The van der Waals surface area contributed by atoms with Crippen LogP contribution in [0.3, 0.4) is 0 Å². The minimum absolute atomic E-state index is 0.0230. The van der Waals surface area contributed by atoms with Crippen molar-refractivity contribution in [2.24, 2.45) is 0 Å². The second kappa shape index (κ2) is 8.97. The number of hydrogen-bond donors (Lipinski definition) is 2. The number of carbonyl (C=O) groups is 1. The van der Waals surface area contributed by atoms with E-state index in [2.05, 4.69) is 22.8 Å². The van der Waals surface area contributed by atoms with Gasteiger partial charge < -0.3 is 10.6 Å². The maximum Gasteiger partial charge on any atom is 0.315 e. The molecule has 1 saturated carbocycles. The standard InChI is InChI=1S/C22H29N3O3S/c1-25(2)29(27,28)20-13-7-6-10-18(20)16-23-21(26)24-17-22(14-8-9-15-22)19-11-4-3-5-12-19/h3-7,10-13H,8-9,14-17H2,1-2H3,(H2,23,24,26). The Morgan fingerprint density at radius 1 is 0.966 bits per heavy atom. The fourth-order valence-corrected chi connectivity index (χ4v) is 5.11. The molecular formula is C22H29N3O3S. The van der Waals surface area contributed by atoms with Gasteiger partial charge in [0.25, 0.3) is 0 Å². The minimum atomic E-state index is -3.57. The monoisotopic (exact) mass is 415 g/mol. The Labute approximate surface area is 173 Å². The fraction of sp³-hybridized carbons (Fsp3) is 0.409. The third-order valence-corrected chi connectivity index (χ3v) is 7.62. The summed E-state index contributed by atoms with van der Waals surface area (Å²) in [4.78, 5) is 12.7. The Bertz CT molecular complexity index is 937. The van der Waals surface area contributed by atoms with E-state index < -0.39 is 10.0 Å². The van der Waals surface area contributed by atoms with Crippen LogP contribution >= 0.6 is 0 Å². The largest absolute Gasteiger partial charge is 0.337 e. The smallest absolute Gasteiger partial charge is 0.315 e. The first-order valence-electron chi connectivity index (χ1n) is 9.93. The van der Waals surface area contributed by atoms with E-state index in [4.69, 9.17) is 0 Å². The topological polar surface area (TPSA) is 78.5 Å². The average Bonchev–Trinajstić information content (AvgIpc) is 3.22. The van der Waals surface area contributed by atoms with Crippen molar-refractivity contribution in [3.63, 3.8) is 0 Å². The number of nitrogens with one attached hydrogen (secondary N) is 2. The summed E-state index contributed by atoms with van der Waals surface area (Å²) in [6, 6.07) is 16.8. The average molecular weight is 416 g/mol. The van der Waals surface area contributed by atoms with Crippen LogP contribution in [0.2, 0.25) is 0 Å². The van der Waals surface area contributed by atoms with E-state index in [1.54, 1.807) is 24.3 Å². The first kappa shape index (κ1) is 21.3. The highest BCUT2D eigenvalue weighted by molar-refractivity contribution is 7.89. The number of rotatable bonds is 7. The summed E-state index contributed by atoms with van der Waals surface area (Å²) < 4.78 is 26.2. The maximum absolute atomic E-state index is 12.5. The molecule has 29 heavy (non-hydrogen) atoms. The zero-order valence-electron chi connectivity index (χ0n) is 17.0. The molecule has 1 aliphatic rings. The summed E-state index contributed by atoms with van der Waals surface area (Å²) in [7, 11) is -0.571. The van der Waals surface area contributed by atoms with Crippen LogP contribution in [0.5, 0.6) is 0 Å². The number of sulfonamides is 1. The van der Waals surface area contributed by atoms with Gasteiger partial charge >= 0.3 is 6.03 Å². The number of benzene rings is 2. The van der Waals surface area contributed by atoms with Gasteiger partial charge in [0.2, 0.25) is 10.0 Å². The second-order valence-corrected chi connectivity index (χ2v) is 9.91. The number of amides is 2. The molecule has 0 unspecified atom stereocenters. The third-order valence-electron chi connectivity index (χ3n) is 5.70. The van der Waals surface area contributed by atoms with Crippen molar-refractivity contribution in [1.29, 1.82) is 0 Å². The molecule has 0 atom stereocenters. The molecule has 3 rings (SSSR count). The lowest BCUT2D eigenvalue weighted by molar-refractivity contribution is 0.236. The van der Waals surface area contributed by atoms with Gasteiger partial charge in [0, 0.05) is 32.6 Å². The Morgan fingerprint density at radius 2 is 1.59 bits per heavy atom. The molecule has 0 heterocycles. The van der Waals surface area contributed by atoms with E-state index in [-0.39, 0.29) is 22.9 Å². The lowest BCUT2D eigenvalue weighted by Gasteiger charge is -2.30. The predicted molar refractivity (Wildman–Crippen MR) is 114 cm³/mol. The van der Waals surface area contributed by atoms with E-state index in [1.165, 1.54) is 24.0 Å². The summed E-state index contributed by atoms with van der Waals surface area (Å²) in [5.74, 6) is 0. The molecular weight excluding hydrogens is 386 g/mol. The third kappa shape index (κ3) is 4.79. The van der Waals surface area contributed by atoms with Gasteiger partial charge in [0.05, 0.1) is 4.90 Å². The lowest BCUT2D eigenvalue weighted by Crippen LogP contribution is -2.43.